The van der Waals surface area contributed by atoms with E-state index in [9.17, 15) is 14.4 Å². The van der Waals surface area contributed by atoms with Gasteiger partial charge in [0.1, 0.15) is 0 Å². The number of amides is 2. The van der Waals surface area contributed by atoms with Crippen LogP contribution >= 0.6 is 11.8 Å². The smallest absolute Gasteiger partial charge is 0.335 e. The van der Waals surface area contributed by atoms with Gasteiger partial charge in [-0.2, -0.15) is 0 Å². The minimum atomic E-state index is -1.05. The third-order valence-corrected chi connectivity index (χ3v) is 4.58. The first-order valence-electron chi connectivity index (χ1n) is 7.07. The van der Waals surface area contributed by atoms with Crippen molar-refractivity contribution in [3.63, 3.8) is 0 Å². The Labute approximate surface area is 136 Å². The molecule has 23 heavy (non-hydrogen) atoms. The third kappa shape index (κ3) is 3.22. The van der Waals surface area contributed by atoms with Crippen molar-refractivity contribution in [2.75, 3.05) is 18.0 Å². The quantitative estimate of drug-likeness (QED) is 0.713. The summed E-state index contributed by atoms with van der Waals surface area (Å²) in [4.78, 5) is 36.5. The number of hydrogen-bond donors (Lipinski definition) is 3. The normalized spacial score (nSPS) is 22.7. The van der Waals surface area contributed by atoms with E-state index in [1.807, 2.05) is 0 Å². The maximum Gasteiger partial charge on any atom is 0.335 e. The van der Waals surface area contributed by atoms with Crippen LogP contribution in [0.1, 0.15) is 22.3 Å². The number of rotatable bonds is 3. The number of carboxylic acids is 1. The second kappa shape index (κ2) is 6.05. The van der Waals surface area contributed by atoms with Gasteiger partial charge in [0.05, 0.1) is 10.5 Å². The van der Waals surface area contributed by atoms with Gasteiger partial charge in [0.15, 0.2) is 0 Å². The van der Waals surface area contributed by atoms with Crippen molar-refractivity contribution in [1.29, 1.82) is 0 Å². The summed E-state index contributed by atoms with van der Waals surface area (Å²) in [6.45, 7) is 1.43. The summed E-state index contributed by atoms with van der Waals surface area (Å²) in [7, 11) is 0. The van der Waals surface area contributed by atoms with Gasteiger partial charge in [-0.05, 0) is 48.0 Å². The Morgan fingerprint density at radius 2 is 2.22 bits per heavy atom. The number of hydrogen-bond acceptors (Lipinski definition) is 6. The lowest BCUT2D eigenvalue weighted by Crippen LogP contribution is -2.26. The van der Waals surface area contributed by atoms with E-state index in [1.54, 1.807) is 12.1 Å². The van der Waals surface area contributed by atoms with Crippen LogP contribution in [-0.2, 0) is 4.79 Å². The SMILES string of the molecule is NC1CCN(c2ccc(C(=O)O)cc2/C=C2/SC(=O)NC2=O)C1. The van der Waals surface area contributed by atoms with E-state index in [-0.39, 0.29) is 16.5 Å². The van der Waals surface area contributed by atoms with Crippen LogP contribution in [0, 0.1) is 0 Å². The molecule has 0 spiro atoms. The number of carboxylic acid groups (broad SMARTS) is 1. The largest absolute Gasteiger partial charge is 0.478 e. The van der Waals surface area contributed by atoms with Crippen molar-refractivity contribution in [3.8, 4) is 0 Å². The monoisotopic (exact) mass is 333 g/mol. The van der Waals surface area contributed by atoms with Crippen LogP contribution in [0.4, 0.5) is 10.5 Å². The van der Waals surface area contributed by atoms with Crippen molar-refractivity contribution in [2.45, 2.75) is 12.5 Å². The number of nitrogens with zero attached hydrogens (tertiary/aromatic N) is 1. The predicted octanol–water partition coefficient (Wildman–Crippen LogP) is 1.25. The molecule has 0 radical (unpaired) electrons. The standard InChI is InChI=1S/C15H15N3O4S/c16-10-3-4-18(7-10)11-2-1-8(14(20)21)5-9(11)6-12-13(19)17-15(22)23-12/h1-2,5-6,10H,3-4,7,16H2,(H,20,21)(H,17,19,22)/b12-6+. The first-order valence-corrected chi connectivity index (χ1v) is 7.88. The first kappa shape index (κ1) is 15.6. The summed E-state index contributed by atoms with van der Waals surface area (Å²) in [5.41, 5.74) is 7.45. The zero-order valence-corrected chi connectivity index (χ0v) is 12.9. The number of thioether (sulfide) groups is 1. The molecular formula is C15H15N3O4S. The van der Waals surface area contributed by atoms with Gasteiger partial charge < -0.3 is 15.7 Å². The van der Waals surface area contributed by atoms with Gasteiger partial charge in [-0.15, -0.1) is 0 Å². The number of carbonyl (C=O) groups is 3. The lowest BCUT2D eigenvalue weighted by Gasteiger charge is -2.21. The zero-order chi connectivity index (χ0) is 16.6. The molecule has 3 rings (SSSR count). The zero-order valence-electron chi connectivity index (χ0n) is 12.1. The highest BCUT2D eigenvalue weighted by molar-refractivity contribution is 8.18. The van der Waals surface area contributed by atoms with Crippen LogP contribution in [-0.4, -0.2) is 41.4 Å². The Balaban J connectivity index is 2.03. The van der Waals surface area contributed by atoms with E-state index in [1.165, 1.54) is 12.1 Å². The molecule has 2 fully saturated rings. The van der Waals surface area contributed by atoms with Crippen molar-refractivity contribution >= 4 is 40.6 Å². The fourth-order valence-electron chi connectivity index (χ4n) is 2.66. The second-order valence-electron chi connectivity index (χ2n) is 5.43. The number of imide groups is 1. The highest BCUT2D eigenvalue weighted by Gasteiger charge is 2.27. The Morgan fingerprint density at radius 1 is 1.43 bits per heavy atom. The molecule has 7 nitrogen and oxygen atoms in total. The highest BCUT2D eigenvalue weighted by atomic mass is 32.2. The first-order chi connectivity index (χ1) is 10.9. The van der Waals surface area contributed by atoms with E-state index in [0.29, 0.717) is 12.1 Å². The Bertz CT molecular complexity index is 731. The van der Waals surface area contributed by atoms with E-state index < -0.39 is 17.1 Å². The average molecular weight is 333 g/mol. The molecule has 0 bridgehead atoms. The minimum Gasteiger partial charge on any atom is -0.478 e. The van der Waals surface area contributed by atoms with Gasteiger partial charge >= 0.3 is 5.97 Å². The van der Waals surface area contributed by atoms with Crippen molar-refractivity contribution in [3.05, 3.63) is 34.2 Å². The molecular weight excluding hydrogens is 318 g/mol. The number of aromatic carboxylic acids is 1. The second-order valence-corrected chi connectivity index (χ2v) is 6.44. The molecule has 2 heterocycles. The summed E-state index contributed by atoms with van der Waals surface area (Å²) in [6, 6.07) is 4.81. The molecule has 1 atom stereocenters. The molecule has 1 unspecified atom stereocenters. The van der Waals surface area contributed by atoms with Gasteiger partial charge in [0.25, 0.3) is 11.1 Å². The van der Waals surface area contributed by atoms with E-state index in [2.05, 4.69) is 10.2 Å². The molecule has 2 aliphatic heterocycles. The van der Waals surface area contributed by atoms with E-state index in [4.69, 9.17) is 10.8 Å². The van der Waals surface area contributed by atoms with Gasteiger partial charge in [-0.1, -0.05) is 0 Å². The van der Waals surface area contributed by atoms with Crippen LogP contribution in [0.5, 0.6) is 0 Å². The summed E-state index contributed by atoms with van der Waals surface area (Å²) in [5, 5.41) is 10.9. The summed E-state index contributed by atoms with van der Waals surface area (Å²) >= 11 is 0.805. The number of benzene rings is 1. The maximum atomic E-state index is 11.7. The van der Waals surface area contributed by atoms with Gasteiger partial charge in [-0.25, -0.2) is 4.79 Å². The molecule has 1 aromatic carbocycles. The van der Waals surface area contributed by atoms with E-state index >= 15 is 0 Å². The molecule has 120 valence electrons. The lowest BCUT2D eigenvalue weighted by molar-refractivity contribution is -0.115. The van der Waals surface area contributed by atoms with Crippen LogP contribution in [0.2, 0.25) is 0 Å². The maximum absolute atomic E-state index is 11.7. The van der Waals surface area contributed by atoms with E-state index in [0.717, 1.165) is 30.4 Å². The summed E-state index contributed by atoms with van der Waals surface area (Å²) in [6.07, 6.45) is 2.40. The number of carbonyl (C=O) groups excluding carboxylic acids is 2. The summed E-state index contributed by atoms with van der Waals surface area (Å²) in [5.74, 6) is -1.52. The Kier molecular flexibility index (Phi) is 4.10. The van der Waals surface area contributed by atoms with Gasteiger partial charge in [-0.3, -0.25) is 14.9 Å². The van der Waals surface area contributed by atoms with Gasteiger partial charge in [0.2, 0.25) is 0 Å². The number of nitrogens with two attached hydrogens (primary N) is 1. The molecule has 4 N–H and O–H groups in total. The molecule has 0 saturated carbocycles. The van der Waals surface area contributed by atoms with Crippen LogP contribution in [0.3, 0.4) is 0 Å². The van der Waals surface area contributed by atoms with Crippen molar-refractivity contribution < 1.29 is 19.5 Å². The molecule has 2 amide bonds. The van der Waals surface area contributed by atoms with Crippen molar-refractivity contribution in [2.24, 2.45) is 5.73 Å². The third-order valence-electron chi connectivity index (χ3n) is 3.77. The van der Waals surface area contributed by atoms with Crippen LogP contribution < -0.4 is 16.0 Å². The molecule has 2 saturated heterocycles. The molecule has 0 aromatic heterocycles. The minimum absolute atomic E-state index is 0.0698. The number of nitrogens with one attached hydrogen (secondary N) is 1. The lowest BCUT2D eigenvalue weighted by atomic mass is 10.1. The highest BCUT2D eigenvalue weighted by Crippen LogP contribution is 2.31. The fraction of sp³-hybridized carbons (Fsp3) is 0.267. The van der Waals surface area contributed by atoms with Crippen molar-refractivity contribution in [1.82, 2.24) is 5.32 Å². The molecule has 1 aromatic rings. The van der Waals surface area contributed by atoms with Crippen LogP contribution in [0.15, 0.2) is 23.1 Å². The van der Waals surface area contributed by atoms with Crippen LogP contribution in [0.25, 0.3) is 6.08 Å². The Morgan fingerprint density at radius 3 is 2.78 bits per heavy atom. The summed E-state index contributed by atoms with van der Waals surface area (Å²) < 4.78 is 0. The fourth-order valence-corrected chi connectivity index (χ4v) is 3.33. The molecule has 0 aliphatic carbocycles. The predicted molar refractivity (Wildman–Crippen MR) is 87.3 cm³/mol. The number of anilines is 1. The Hall–Kier alpha value is -2.32. The average Bonchev–Trinajstić information content (AvgIpc) is 3.05. The van der Waals surface area contributed by atoms with Gasteiger partial charge in [0, 0.05) is 24.8 Å². The molecule has 8 heteroatoms. The molecule has 2 aliphatic rings. The topological polar surface area (TPSA) is 113 Å².